The zero-order valence-corrected chi connectivity index (χ0v) is 27.9. The summed E-state index contributed by atoms with van der Waals surface area (Å²) in [5.74, 6) is 1.25. The summed E-state index contributed by atoms with van der Waals surface area (Å²) in [6.07, 6.45) is 0. The van der Waals surface area contributed by atoms with Gasteiger partial charge in [0.15, 0.2) is 0 Å². The fourth-order valence-electron chi connectivity index (χ4n) is 8.44. The van der Waals surface area contributed by atoms with Gasteiger partial charge in [0.2, 0.25) is 5.95 Å². The van der Waals surface area contributed by atoms with E-state index in [1.54, 1.807) is 0 Å². The average Bonchev–Trinajstić information content (AvgIpc) is 3.74. The maximum atomic E-state index is 14.8. The third kappa shape index (κ3) is 3.76. The van der Waals surface area contributed by atoms with Crippen LogP contribution in [0.15, 0.2) is 140 Å². The van der Waals surface area contributed by atoms with E-state index >= 15 is 0 Å². The number of carbonyl (C=O) groups is 1. The minimum Gasteiger partial charge on any atom is -0.278 e. The van der Waals surface area contributed by atoms with Crippen molar-refractivity contribution in [2.24, 2.45) is 0 Å². The van der Waals surface area contributed by atoms with Gasteiger partial charge >= 0.3 is 0 Å². The summed E-state index contributed by atoms with van der Waals surface area (Å²) < 4.78 is 3.94. The second-order valence-electron chi connectivity index (χ2n) is 14.0. The van der Waals surface area contributed by atoms with Gasteiger partial charge in [0.25, 0.3) is 5.91 Å². The third-order valence-corrected chi connectivity index (χ3v) is 10.9. The van der Waals surface area contributed by atoms with Gasteiger partial charge in [-0.1, -0.05) is 103 Å². The normalized spacial score (nSPS) is 13.9. The molecule has 1 aliphatic rings. The Morgan fingerprint density at radius 1 is 0.529 bits per heavy atom. The highest BCUT2D eigenvalue weighted by Crippen LogP contribution is 2.45. The van der Waals surface area contributed by atoms with Gasteiger partial charge in [-0.05, 0) is 77.4 Å². The van der Waals surface area contributed by atoms with Crippen LogP contribution in [0.25, 0.3) is 82.5 Å². The molecule has 240 valence electrons. The molecule has 6 heteroatoms. The predicted molar refractivity (Wildman–Crippen MR) is 206 cm³/mol. The zero-order valence-electron chi connectivity index (χ0n) is 27.9. The summed E-state index contributed by atoms with van der Waals surface area (Å²) in [5, 5.41) is 7.66. The minimum atomic E-state index is -0.507. The first-order valence-corrected chi connectivity index (χ1v) is 17.3. The van der Waals surface area contributed by atoms with Crippen LogP contribution in [0, 0.1) is 0 Å². The van der Waals surface area contributed by atoms with Crippen molar-refractivity contribution in [1.29, 1.82) is 0 Å². The number of benzene rings is 7. The largest absolute Gasteiger partial charge is 0.278 e. The molecule has 0 unspecified atom stereocenters. The number of carbonyl (C=O) groups excluding carboxylic acids is 1. The number of fused-ring (bicyclic) bond motifs is 12. The smallest absolute Gasteiger partial charge is 0.264 e. The van der Waals surface area contributed by atoms with E-state index in [2.05, 4.69) is 103 Å². The van der Waals surface area contributed by atoms with Gasteiger partial charge in [0, 0.05) is 27.1 Å². The van der Waals surface area contributed by atoms with Gasteiger partial charge in [0.05, 0.1) is 38.8 Å². The monoisotopic (exact) mass is 655 g/mol. The molecule has 0 N–H and O–H groups in total. The van der Waals surface area contributed by atoms with Crippen LogP contribution < -0.4 is 0 Å². The first-order chi connectivity index (χ1) is 25.0. The first-order valence-electron chi connectivity index (χ1n) is 17.3. The molecule has 1 aliphatic heterocycles. The number of para-hydroxylation sites is 4. The summed E-state index contributed by atoms with van der Waals surface area (Å²) >= 11 is 0. The Labute approximate surface area is 292 Å². The maximum absolute atomic E-state index is 14.8. The molecule has 0 spiro atoms. The van der Waals surface area contributed by atoms with Crippen LogP contribution in [0.2, 0.25) is 0 Å². The van der Waals surface area contributed by atoms with E-state index in [9.17, 15) is 4.79 Å². The molecule has 0 radical (unpaired) electrons. The SMILES string of the molecule is CC1(C)c2ccc3c(c2C(=O)n2c1nc1ccccc12)c1ccccc1n3-c1nc(-c2ccc3ccc4ccccc4c3c2)c2ccccc2n1. The molecule has 0 fully saturated rings. The van der Waals surface area contributed by atoms with Crippen molar-refractivity contribution in [3.8, 4) is 17.2 Å². The summed E-state index contributed by atoms with van der Waals surface area (Å²) in [6, 6.07) is 48.1. The third-order valence-electron chi connectivity index (χ3n) is 10.9. The Morgan fingerprint density at radius 3 is 2.04 bits per heavy atom. The van der Waals surface area contributed by atoms with E-state index in [0.29, 0.717) is 11.5 Å². The van der Waals surface area contributed by atoms with Crippen molar-refractivity contribution in [2.75, 3.05) is 0 Å². The number of hydrogen-bond donors (Lipinski definition) is 0. The molecular weight excluding hydrogens is 627 g/mol. The van der Waals surface area contributed by atoms with E-state index in [1.165, 1.54) is 21.5 Å². The van der Waals surface area contributed by atoms with Crippen LogP contribution in [0.5, 0.6) is 0 Å². The zero-order chi connectivity index (χ0) is 34.0. The Balaban J connectivity index is 1.21. The fourth-order valence-corrected chi connectivity index (χ4v) is 8.44. The van der Waals surface area contributed by atoms with E-state index in [-0.39, 0.29) is 5.91 Å². The summed E-state index contributed by atoms with van der Waals surface area (Å²) in [6.45, 7) is 4.32. The molecule has 0 saturated heterocycles. The lowest BCUT2D eigenvalue weighted by Crippen LogP contribution is -2.35. The van der Waals surface area contributed by atoms with Crippen LogP contribution >= 0.6 is 0 Å². The number of nitrogens with zero attached hydrogens (tertiary/aromatic N) is 5. The van der Waals surface area contributed by atoms with Gasteiger partial charge in [-0.25, -0.2) is 15.0 Å². The molecule has 3 aromatic heterocycles. The Morgan fingerprint density at radius 2 is 1.20 bits per heavy atom. The second kappa shape index (κ2) is 9.96. The van der Waals surface area contributed by atoms with Gasteiger partial charge in [-0.15, -0.1) is 0 Å². The summed E-state index contributed by atoms with van der Waals surface area (Å²) in [5.41, 5.74) is 7.37. The van der Waals surface area contributed by atoms with Crippen LogP contribution in [0.1, 0.15) is 35.6 Å². The molecule has 7 aromatic carbocycles. The quantitative estimate of drug-likeness (QED) is 0.174. The summed E-state index contributed by atoms with van der Waals surface area (Å²) in [7, 11) is 0. The van der Waals surface area contributed by atoms with Crippen molar-refractivity contribution in [2.45, 2.75) is 19.3 Å². The van der Waals surface area contributed by atoms with Gasteiger partial charge in [-0.3, -0.25) is 13.9 Å². The fraction of sp³-hybridized carbons (Fsp3) is 0.0667. The predicted octanol–water partition coefficient (Wildman–Crippen LogP) is 10.4. The highest BCUT2D eigenvalue weighted by atomic mass is 16.2. The Bertz CT molecular complexity index is 3150. The standard InChI is InChI=1S/C45H29N5O/c1-45(2)33-23-24-38-39(40(33)42(51)50-37-18-10-8-16-35(37)46-43(45)50)31-14-6-9-17-36(31)49(38)44-47-34-15-7-5-13-30(34)41(48-44)28-22-21-27-20-19-26-11-3-4-12-29(26)32(27)25-28/h3-25H,1-2H3. The van der Waals surface area contributed by atoms with Gasteiger partial charge < -0.3 is 0 Å². The molecule has 0 atom stereocenters. The van der Waals surface area contributed by atoms with E-state index in [0.717, 1.165) is 66.4 Å². The van der Waals surface area contributed by atoms with E-state index in [1.807, 2.05) is 59.2 Å². The first kappa shape index (κ1) is 28.2. The molecule has 0 amide bonds. The Hall–Kier alpha value is -6.66. The highest BCUT2D eigenvalue weighted by molar-refractivity contribution is 6.22. The summed E-state index contributed by atoms with van der Waals surface area (Å²) in [4.78, 5) is 30.3. The van der Waals surface area contributed by atoms with Crippen molar-refractivity contribution in [3.63, 3.8) is 0 Å². The van der Waals surface area contributed by atoms with Crippen LogP contribution in [-0.2, 0) is 5.41 Å². The van der Waals surface area contributed by atoms with Crippen LogP contribution in [0.3, 0.4) is 0 Å². The molecule has 6 nitrogen and oxygen atoms in total. The van der Waals surface area contributed by atoms with Crippen molar-refractivity contribution in [3.05, 3.63) is 156 Å². The minimum absolute atomic E-state index is 0.0648. The highest BCUT2D eigenvalue weighted by Gasteiger charge is 2.41. The number of rotatable bonds is 2. The van der Waals surface area contributed by atoms with Crippen molar-refractivity contribution >= 4 is 71.2 Å². The van der Waals surface area contributed by atoms with Crippen LogP contribution in [0.4, 0.5) is 0 Å². The van der Waals surface area contributed by atoms with E-state index in [4.69, 9.17) is 15.0 Å². The van der Waals surface area contributed by atoms with E-state index < -0.39 is 5.41 Å². The molecule has 4 heterocycles. The molecule has 0 bridgehead atoms. The average molecular weight is 656 g/mol. The maximum Gasteiger partial charge on any atom is 0.264 e. The van der Waals surface area contributed by atoms with Crippen molar-refractivity contribution < 1.29 is 4.79 Å². The van der Waals surface area contributed by atoms with Gasteiger partial charge in [-0.2, -0.15) is 0 Å². The lowest BCUT2D eigenvalue weighted by molar-refractivity contribution is 0.0950. The molecule has 0 saturated carbocycles. The number of aromatic nitrogens is 5. The topological polar surface area (TPSA) is 65.6 Å². The lowest BCUT2D eigenvalue weighted by atomic mass is 9.77. The molecule has 11 rings (SSSR count). The molecular formula is C45H29N5O. The molecule has 10 aromatic rings. The molecule has 0 aliphatic carbocycles. The number of hydrogen-bond acceptors (Lipinski definition) is 4. The molecule has 51 heavy (non-hydrogen) atoms. The Kier molecular flexibility index (Phi) is 5.51. The number of imidazole rings is 1. The second-order valence-corrected chi connectivity index (χ2v) is 14.0. The van der Waals surface area contributed by atoms with Crippen LogP contribution in [-0.4, -0.2) is 30.0 Å². The lowest BCUT2D eigenvalue weighted by Gasteiger charge is -2.32. The van der Waals surface area contributed by atoms with Crippen molar-refractivity contribution in [1.82, 2.24) is 24.1 Å². The van der Waals surface area contributed by atoms with Gasteiger partial charge in [0.1, 0.15) is 5.82 Å².